The number of hydrogen-bond acceptors (Lipinski definition) is 7. The van der Waals surface area contributed by atoms with Crippen LogP contribution in [0.5, 0.6) is 11.5 Å². The number of aliphatic hydroxyl groups excluding tert-OH is 1. The minimum absolute atomic E-state index is 0.111. The fraction of sp³-hybridized carbons (Fsp3) is 0.185. The molecule has 174 valence electrons. The third-order valence-corrected chi connectivity index (χ3v) is 5.34. The summed E-state index contributed by atoms with van der Waals surface area (Å²) in [5, 5.41) is 16.5. The van der Waals surface area contributed by atoms with Crippen LogP contribution in [0.2, 0.25) is 0 Å². The molecule has 0 bridgehead atoms. The first-order valence-electron chi connectivity index (χ1n) is 10.9. The van der Waals surface area contributed by atoms with E-state index in [4.69, 9.17) is 19.1 Å². The second-order valence-corrected chi connectivity index (χ2v) is 7.76. The first kappa shape index (κ1) is 23.1. The Labute approximate surface area is 197 Å². The SMILES string of the molecule is COc1cc(NC(C(=O)c2conc2-c2ccccc2)c2ccc(C)cc2)cc(OCCO)c1. The Kier molecular flexibility index (Phi) is 7.25. The molecule has 0 radical (unpaired) electrons. The van der Waals surface area contributed by atoms with Crippen LogP contribution >= 0.6 is 0 Å². The van der Waals surface area contributed by atoms with Crippen LogP contribution in [0.3, 0.4) is 0 Å². The van der Waals surface area contributed by atoms with E-state index in [1.54, 1.807) is 25.3 Å². The summed E-state index contributed by atoms with van der Waals surface area (Å²) in [5.74, 6) is 0.883. The molecule has 4 aromatic rings. The smallest absolute Gasteiger partial charge is 0.195 e. The van der Waals surface area contributed by atoms with Gasteiger partial charge in [-0.3, -0.25) is 4.79 Å². The second kappa shape index (κ2) is 10.7. The van der Waals surface area contributed by atoms with Crippen molar-refractivity contribution in [3.8, 4) is 22.8 Å². The monoisotopic (exact) mass is 458 g/mol. The summed E-state index contributed by atoms with van der Waals surface area (Å²) in [4.78, 5) is 13.8. The van der Waals surface area contributed by atoms with E-state index in [1.165, 1.54) is 6.26 Å². The quantitative estimate of drug-likeness (QED) is 0.321. The standard InChI is InChI=1S/C27H26N2O5/c1-18-8-10-20(11-9-18)26(28-21-14-22(32-2)16-23(15-21)33-13-12-30)27(31)24-17-34-29-25(24)19-6-4-3-5-7-19/h3-11,14-17,26,28,30H,12-13H2,1-2H3. The fourth-order valence-corrected chi connectivity index (χ4v) is 3.62. The van der Waals surface area contributed by atoms with Gasteiger partial charge in [0.05, 0.1) is 19.3 Å². The number of nitrogens with zero attached hydrogens (tertiary/aromatic N) is 1. The van der Waals surface area contributed by atoms with E-state index in [9.17, 15) is 4.79 Å². The molecule has 3 aromatic carbocycles. The van der Waals surface area contributed by atoms with E-state index in [0.717, 1.165) is 16.7 Å². The van der Waals surface area contributed by atoms with Gasteiger partial charge in [0.2, 0.25) is 0 Å². The topological polar surface area (TPSA) is 93.8 Å². The summed E-state index contributed by atoms with van der Waals surface area (Å²) in [7, 11) is 1.56. The molecule has 0 aliphatic rings. The molecule has 1 heterocycles. The highest BCUT2D eigenvalue weighted by Crippen LogP contribution is 2.32. The van der Waals surface area contributed by atoms with Gasteiger partial charge in [-0.05, 0) is 12.5 Å². The van der Waals surface area contributed by atoms with Gasteiger partial charge in [-0.25, -0.2) is 0 Å². The summed E-state index contributed by atoms with van der Waals surface area (Å²) < 4.78 is 16.2. The van der Waals surface area contributed by atoms with Crippen molar-refractivity contribution in [3.05, 3.63) is 95.7 Å². The highest BCUT2D eigenvalue weighted by atomic mass is 16.5. The van der Waals surface area contributed by atoms with Gasteiger partial charge in [0.15, 0.2) is 5.78 Å². The van der Waals surface area contributed by atoms with E-state index >= 15 is 0 Å². The predicted molar refractivity (Wildman–Crippen MR) is 129 cm³/mol. The number of anilines is 1. The number of ketones is 1. The highest BCUT2D eigenvalue weighted by molar-refractivity contribution is 6.06. The molecule has 1 aromatic heterocycles. The Morgan fingerprint density at radius 1 is 1.06 bits per heavy atom. The average Bonchev–Trinajstić information content (AvgIpc) is 3.37. The zero-order valence-corrected chi connectivity index (χ0v) is 19.0. The van der Waals surface area contributed by atoms with Crippen molar-refractivity contribution in [2.45, 2.75) is 13.0 Å². The van der Waals surface area contributed by atoms with Crippen molar-refractivity contribution in [1.82, 2.24) is 5.16 Å². The molecular weight excluding hydrogens is 432 g/mol. The van der Waals surface area contributed by atoms with E-state index < -0.39 is 6.04 Å². The molecule has 7 nitrogen and oxygen atoms in total. The Bertz CT molecular complexity index is 1240. The molecule has 0 saturated carbocycles. The Hall–Kier alpha value is -4.10. The number of benzene rings is 3. The number of nitrogens with one attached hydrogen (secondary N) is 1. The van der Waals surface area contributed by atoms with E-state index in [0.29, 0.717) is 28.4 Å². The molecule has 4 rings (SSSR count). The number of ether oxygens (including phenoxy) is 2. The lowest BCUT2D eigenvalue weighted by Crippen LogP contribution is -2.21. The summed E-state index contributed by atoms with van der Waals surface area (Å²) in [6.07, 6.45) is 1.38. The molecular formula is C27H26N2O5. The molecule has 2 N–H and O–H groups in total. The van der Waals surface area contributed by atoms with Gasteiger partial charge >= 0.3 is 0 Å². The van der Waals surface area contributed by atoms with Crippen molar-refractivity contribution in [3.63, 3.8) is 0 Å². The van der Waals surface area contributed by atoms with Crippen LogP contribution in [0, 0.1) is 6.92 Å². The number of methoxy groups -OCH3 is 1. The van der Waals surface area contributed by atoms with Gasteiger partial charge in [0, 0.05) is 29.4 Å². The molecule has 0 amide bonds. The van der Waals surface area contributed by atoms with Gasteiger partial charge in [-0.1, -0.05) is 65.3 Å². The Morgan fingerprint density at radius 3 is 2.50 bits per heavy atom. The number of aliphatic hydroxyl groups is 1. The van der Waals surface area contributed by atoms with E-state index in [-0.39, 0.29) is 19.0 Å². The van der Waals surface area contributed by atoms with Gasteiger partial charge in [-0.15, -0.1) is 0 Å². The first-order valence-corrected chi connectivity index (χ1v) is 10.9. The van der Waals surface area contributed by atoms with Crippen LogP contribution in [-0.4, -0.2) is 36.4 Å². The van der Waals surface area contributed by atoms with Gasteiger partial charge in [0.1, 0.15) is 36.1 Å². The van der Waals surface area contributed by atoms with Crippen LogP contribution < -0.4 is 14.8 Å². The Balaban J connectivity index is 1.73. The van der Waals surface area contributed by atoms with Crippen molar-refractivity contribution in [1.29, 1.82) is 0 Å². The summed E-state index contributed by atoms with van der Waals surface area (Å²) in [6, 6.07) is 21.8. The van der Waals surface area contributed by atoms with Crippen LogP contribution in [-0.2, 0) is 0 Å². The number of carbonyl (C=O) groups excluding carboxylic acids is 1. The molecule has 7 heteroatoms. The number of Topliss-reactive ketones (excluding diaryl/α,β-unsaturated/α-hetero) is 1. The van der Waals surface area contributed by atoms with Crippen LogP contribution in [0.1, 0.15) is 27.5 Å². The van der Waals surface area contributed by atoms with Crippen LogP contribution in [0.4, 0.5) is 5.69 Å². The summed E-state index contributed by atoms with van der Waals surface area (Å²) in [6.45, 7) is 2.03. The van der Waals surface area contributed by atoms with Gasteiger partial charge < -0.3 is 24.4 Å². The van der Waals surface area contributed by atoms with Gasteiger partial charge in [-0.2, -0.15) is 0 Å². The molecule has 1 unspecified atom stereocenters. The summed E-state index contributed by atoms with van der Waals surface area (Å²) in [5.41, 5.74) is 4.17. The number of carbonyl (C=O) groups is 1. The lowest BCUT2D eigenvalue weighted by molar-refractivity contribution is 0.0969. The average molecular weight is 459 g/mol. The first-order chi connectivity index (χ1) is 16.6. The van der Waals surface area contributed by atoms with Gasteiger partial charge in [0.25, 0.3) is 0 Å². The second-order valence-electron chi connectivity index (χ2n) is 7.76. The molecule has 0 aliphatic carbocycles. The molecule has 0 fully saturated rings. The van der Waals surface area contributed by atoms with E-state index in [2.05, 4.69) is 10.5 Å². The number of rotatable bonds is 10. The Morgan fingerprint density at radius 2 is 1.79 bits per heavy atom. The maximum atomic E-state index is 13.8. The normalized spacial score (nSPS) is 11.6. The van der Waals surface area contributed by atoms with Crippen molar-refractivity contribution in [2.24, 2.45) is 0 Å². The third-order valence-electron chi connectivity index (χ3n) is 5.34. The number of aromatic nitrogens is 1. The lowest BCUT2D eigenvalue weighted by Gasteiger charge is -2.20. The maximum absolute atomic E-state index is 13.8. The van der Waals surface area contributed by atoms with Crippen LogP contribution in [0.25, 0.3) is 11.3 Å². The minimum Gasteiger partial charge on any atom is -0.497 e. The zero-order chi connectivity index (χ0) is 23.9. The number of aryl methyl sites for hydroxylation is 1. The molecule has 0 saturated heterocycles. The molecule has 0 spiro atoms. The minimum atomic E-state index is -0.722. The van der Waals surface area contributed by atoms with Crippen molar-refractivity contribution in [2.75, 3.05) is 25.6 Å². The fourth-order valence-electron chi connectivity index (χ4n) is 3.62. The largest absolute Gasteiger partial charge is 0.497 e. The molecule has 34 heavy (non-hydrogen) atoms. The highest BCUT2D eigenvalue weighted by Gasteiger charge is 2.27. The summed E-state index contributed by atoms with van der Waals surface area (Å²) >= 11 is 0. The van der Waals surface area contributed by atoms with Crippen molar-refractivity contribution < 1.29 is 23.9 Å². The number of hydrogen-bond donors (Lipinski definition) is 2. The maximum Gasteiger partial charge on any atom is 0.195 e. The van der Waals surface area contributed by atoms with Crippen molar-refractivity contribution >= 4 is 11.5 Å². The molecule has 1 atom stereocenters. The zero-order valence-electron chi connectivity index (χ0n) is 19.0. The predicted octanol–water partition coefficient (Wildman–Crippen LogP) is 5.07. The van der Waals surface area contributed by atoms with E-state index in [1.807, 2.05) is 61.5 Å². The van der Waals surface area contributed by atoms with Crippen LogP contribution in [0.15, 0.2) is 83.6 Å². The lowest BCUT2D eigenvalue weighted by atomic mass is 9.95. The third kappa shape index (κ3) is 5.27. The molecule has 0 aliphatic heterocycles.